The summed E-state index contributed by atoms with van der Waals surface area (Å²) in [5, 5.41) is -0.352. The van der Waals surface area contributed by atoms with Crippen LogP contribution >= 0.6 is 23.2 Å². The summed E-state index contributed by atoms with van der Waals surface area (Å²) in [5.41, 5.74) is 0.740. The summed E-state index contributed by atoms with van der Waals surface area (Å²) in [6.07, 6.45) is 0. The second kappa shape index (κ2) is 3.04. The van der Waals surface area contributed by atoms with Crippen LogP contribution in [0.4, 0.5) is 0 Å². The van der Waals surface area contributed by atoms with Gasteiger partial charge >= 0.3 is 0 Å². The Hall–Kier alpha value is -0.600. The highest BCUT2D eigenvalue weighted by molar-refractivity contribution is 6.58. The molecule has 0 bridgehead atoms. The fraction of sp³-hybridized carbons (Fsp3) is 0.250. The molecule has 0 amide bonds. The maximum absolute atomic E-state index is 11.2. The van der Waals surface area contributed by atoms with Crippen molar-refractivity contribution < 1.29 is 9.59 Å². The molecular formula is C8H6Cl2O2. The van der Waals surface area contributed by atoms with E-state index in [-0.39, 0.29) is 21.6 Å². The van der Waals surface area contributed by atoms with Crippen LogP contribution in [0.15, 0.2) is 21.2 Å². The SMILES string of the molecule is CC1=C(C)C(=O)C(Cl)=C(Cl)C1=O. The van der Waals surface area contributed by atoms with Gasteiger partial charge in [0.15, 0.2) is 0 Å². The minimum Gasteiger partial charge on any atom is -0.288 e. The zero-order valence-corrected chi connectivity index (χ0v) is 8.08. The Labute approximate surface area is 79.8 Å². The van der Waals surface area contributed by atoms with Gasteiger partial charge in [0.05, 0.1) is 0 Å². The lowest BCUT2D eigenvalue weighted by atomic mass is 9.97. The highest BCUT2D eigenvalue weighted by atomic mass is 35.5. The first-order valence-corrected chi connectivity index (χ1v) is 4.04. The van der Waals surface area contributed by atoms with Crippen LogP contribution in [0.5, 0.6) is 0 Å². The Morgan fingerprint density at radius 2 is 1.08 bits per heavy atom. The molecule has 2 nitrogen and oxygen atoms in total. The van der Waals surface area contributed by atoms with Crippen LogP contribution in [0.2, 0.25) is 0 Å². The molecule has 4 heteroatoms. The highest BCUT2D eigenvalue weighted by Crippen LogP contribution is 2.28. The molecule has 0 aromatic rings. The maximum atomic E-state index is 11.2. The van der Waals surface area contributed by atoms with Gasteiger partial charge in [0.2, 0.25) is 11.6 Å². The number of ketones is 2. The summed E-state index contributed by atoms with van der Waals surface area (Å²) in [4.78, 5) is 22.4. The average Bonchev–Trinajstić information content (AvgIpc) is 2.08. The lowest BCUT2D eigenvalue weighted by Gasteiger charge is -2.11. The molecule has 0 unspecified atom stereocenters. The molecule has 1 aliphatic rings. The van der Waals surface area contributed by atoms with Crippen LogP contribution in [0.25, 0.3) is 0 Å². The molecule has 0 aromatic carbocycles. The number of hydrogen-bond acceptors (Lipinski definition) is 2. The summed E-state index contributed by atoms with van der Waals surface area (Å²) in [7, 11) is 0. The van der Waals surface area contributed by atoms with Crippen molar-refractivity contribution in [2.45, 2.75) is 13.8 Å². The highest BCUT2D eigenvalue weighted by Gasteiger charge is 2.27. The lowest BCUT2D eigenvalue weighted by molar-refractivity contribution is -0.115. The van der Waals surface area contributed by atoms with Crippen LogP contribution in [-0.4, -0.2) is 11.6 Å². The summed E-state index contributed by atoms with van der Waals surface area (Å²) in [5.74, 6) is -0.725. The standard InChI is InChI=1S/C8H6Cl2O2/c1-3-4(2)8(12)6(10)5(9)7(3)11/h1-2H3. The van der Waals surface area contributed by atoms with Gasteiger partial charge in [0, 0.05) is 11.1 Å². The molecule has 1 rings (SSSR count). The minimum atomic E-state index is -0.362. The van der Waals surface area contributed by atoms with Crippen molar-refractivity contribution in [3.8, 4) is 0 Å². The Bertz CT molecular complexity index is 275. The minimum absolute atomic E-state index is 0.176. The Morgan fingerprint density at radius 3 is 1.33 bits per heavy atom. The predicted octanol–water partition coefficient (Wildman–Crippen LogP) is 2.16. The molecule has 0 aliphatic heterocycles. The van der Waals surface area contributed by atoms with E-state index in [0.29, 0.717) is 11.1 Å². The number of hydrogen-bond donors (Lipinski definition) is 0. The smallest absolute Gasteiger partial charge is 0.202 e. The van der Waals surface area contributed by atoms with Gasteiger partial charge in [-0.2, -0.15) is 0 Å². The third kappa shape index (κ3) is 1.21. The third-order valence-corrected chi connectivity index (χ3v) is 2.65. The quantitative estimate of drug-likeness (QED) is 0.568. The number of halogens is 2. The third-order valence-electron chi connectivity index (χ3n) is 1.84. The van der Waals surface area contributed by atoms with Gasteiger partial charge in [0.1, 0.15) is 10.1 Å². The van der Waals surface area contributed by atoms with Crippen LogP contribution in [-0.2, 0) is 9.59 Å². The Balaban J connectivity index is 3.32. The first kappa shape index (κ1) is 9.49. The molecule has 0 radical (unpaired) electrons. The monoisotopic (exact) mass is 204 g/mol. The van der Waals surface area contributed by atoms with E-state index in [4.69, 9.17) is 23.2 Å². The van der Waals surface area contributed by atoms with Gasteiger partial charge in [-0.15, -0.1) is 0 Å². The van der Waals surface area contributed by atoms with E-state index in [1.165, 1.54) is 0 Å². The van der Waals surface area contributed by atoms with E-state index in [9.17, 15) is 9.59 Å². The maximum Gasteiger partial charge on any atom is 0.202 e. The van der Waals surface area contributed by atoms with Crippen molar-refractivity contribution in [1.29, 1.82) is 0 Å². The van der Waals surface area contributed by atoms with Crippen LogP contribution < -0.4 is 0 Å². The summed E-state index contributed by atoms with van der Waals surface area (Å²) in [6, 6.07) is 0. The molecule has 12 heavy (non-hydrogen) atoms. The lowest BCUT2D eigenvalue weighted by Crippen LogP contribution is -2.16. The van der Waals surface area contributed by atoms with Gasteiger partial charge in [-0.05, 0) is 13.8 Å². The fourth-order valence-electron chi connectivity index (χ4n) is 0.869. The number of Topliss-reactive ketones (excluding diaryl/α,β-unsaturated/α-hetero) is 2. The van der Waals surface area contributed by atoms with Gasteiger partial charge in [-0.1, -0.05) is 23.2 Å². The van der Waals surface area contributed by atoms with Gasteiger partial charge in [-0.3, -0.25) is 9.59 Å². The normalized spacial score (nSPS) is 19.3. The number of carbonyl (C=O) groups is 2. The van der Waals surface area contributed by atoms with Crippen molar-refractivity contribution in [3.05, 3.63) is 21.2 Å². The average molecular weight is 205 g/mol. The predicted molar refractivity (Wildman–Crippen MR) is 47.1 cm³/mol. The molecule has 1 aliphatic carbocycles. The molecule has 0 saturated heterocycles. The molecule has 0 atom stereocenters. The molecule has 64 valence electrons. The first-order valence-electron chi connectivity index (χ1n) is 3.29. The van der Waals surface area contributed by atoms with Gasteiger partial charge in [0.25, 0.3) is 0 Å². The number of carbonyl (C=O) groups excluding carboxylic acids is 2. The molecule has 0 aromatic heterocycles. The van der Waals surface area contributed by atoms with E-state index in [2.05, 4.69) is 0 Å². The van der Waals surface area contributed by atoms with Crippen LogP contribution in [0, 0.1) is 0 Å². The first-order chi connectivity index (χ1) is 5.46. The van der Waals surface area contributed by atoms with Crippen LogP contribution in [0.3, 0.4) is 0 Å². The van der Waals surface area contributed by atoms with E-state index >= 15 is 0 Å². The molecule has 0 spiro atoms. The van der Waals surface area contributed by atoms with Crippen molar-refractivity contribution in [1.82, 2.24) is 0 Å². The summed E-state index contributed by atoms with van der Waals surface area (Å²) in [6.45, 7) is 3.11. The van der Waals surface area contributed by atoms with Crippen molar-refractivity contribution in [2.24, 2.45) is 0 Å². The number of allylic oxidation sites excluding steroid dienone is 4. The molecule has 0 heterocycles. The number of rotatable bonds is 0. The zero-order valence-electron chi connectivity index (χ0n) is 6.57. The van der Waals surface area contributed by atoms with Crippen LogP contribution in [0.1, 0.15) is 13.8 Å². The van der Waals surface area contributed by atoms with E-state index < -0.39 is 0 Å². The van der Waals surface area contributed by atoms with Crippen molar-refractivity contribution in [2.75, 3.05) is 0 Å². The molecular weight excluding hydrogens is 199 g/mol. The van der Waals surface area contributed by atoms with Gasteiger partial charge < -0.3 is 0 Å². The van der Waals surface area contributed by atoms with E-state index in [1.54, 1.807) is 13.8 Å². The van der Waals surface area contributed by atoms with E-state index in [0.717, 1.165) is 0 Å². The van der Waals surface area contributed by atoms with Crippen molar-refractivity contribution >= 4 is 34.8 Å². The van der Waals surface area contributed by atoms with E-state index in [1.807, 2.05) is 0 Å². The topological polar surface area (TPSA) is 34.1 Å². The Kier molecular flexibility index (Phi) is 2.40. The summed E-state index contributed by atoms with van der Waals surface area (Å²) >= 11 is 11.0. The van der Waals surface area contributed by atoms with Gasteiger partial charge in [-0.25, -0.2) is 0 Å². The molecule has 0 fully saturated rings. The second-order valence-electron chi connectivity index (χ2n) is 2.54. The summed E-state index contributed by atoms with van der Waals surface area (Å²) < 4.78 is 0. The molecule has 0 N–H and O–H groups in total. The van der Waals surface area contributed by atoms with Crippen molar-refractivity contribution in [3.63, 3.8) is 0 Å². The fourth-order valence-corrected chi connectivity index (χ4v) is 1.32. The molecule has 0 saturated carbocycles. The largest absolute Gasteiger partial charge is 0.288 e. The second-order valence-corrected chi connectivity index (χ2v) is 3.29. The Morgan fingerprint density at radius 1 is 0.833 bits per heavy atom. The zero-order chi connectivity index (χ0) is 9.46.